The summed E-state index contributed by atoms with van der Waals surface area (Å²) in [4.78, 5) is 103. The molecular weight excluding hydrogens is 733 g/mol. The maximum atomic E-state index is 8.58. The number of hydrogen-bond donors (Lipinski definition) is 0. The van der Waals surface area contributed by atoms with Crippen LogP contribution in [-0.4, -0.2) is 125 Å². The SMILES string of the molecule is [Ba+2].[Ba+2].[O-][Si]([O-])([O-])[O-].[O-][Si]([O-])([O-])[O-].[O-][Si]([O-])([O-])[O-].[Zr+4].[Zr+4]. The molecule has 0 radical (unpaired) electrons. The quantitative estimate of drug-likeness (QED) is 0.210. The van der Waals surface area contributed by atoms with Crippen LogP contribution < -0.4 is 57.5 Å². The summed E-state index contributed by atoms with van der Waals surface area (Å²) in [6.07, 6.45) is 0. The second kappa shape index (κ2) is 21.1. The number of hydrogen-bond acceptors (Lipinski definition) is 12. The van der Waals surface area contributed by atoms with Gasteiger partial charge in [0.25, 0.3) is 0 Å². The average Bonchev–Trinajstić information content (AvgIpc) is 1.41. The third-order valence-electron chi connectivity index (χ3n) is 0. The van der Waals surface area contributed by atoms with Gasteiger partial charge in [0.05, 0.1) is 0 Å². The molecule has 0 aliphatic heterocycles. The molecule has 0 saturated heterocycles. The molecule has 0 unspecified atom stereocenters. The zero-order valence-corrected chi connectivity index (χ0v) is 25.6. The Hall–Kier alpha value is 5.08. The molecule has 0 atom stereocenters. The summed E-state index contributed by atoms with van der Waals surface area (Å²) < 4.78 is 0. The van der Waals surface area contributed by atoms with E-state index in [2.05, 4.69) is 0 Å². The molecule has 0 rings (SSSR count). The molecule has 0 aliphatic carbocycles. The molecule has 0 N–H and O–H groups in total. The van der Waals surface area contributed by atoms with Crippen LogP contribution in [0.4, 0.5) is 0 Å². The Kier molecular flexibility index (Phi) is 48.9. The zero-order chi connectivity index (χ0) is 13.5. The largest absolute Gasteiger partial charge is 4.00 e. The van der Waals surface area contributed by atoms with Gasteiger partial charge in [0, 0.05) is 0 Å². The van der Waals surface area contributed by atoms with E-state index in [1.807, 2.05) is 0 Å². The summed E-state index contributed by atoms with van der Waals surface area (Å²) in [5.41, 5.74) is 0. The Balaban J connectivity index is -0.0000000206. The summed E-state index contributed by atoms with van der Waals surface area (Å²) in [6, 6.07) is 0. The molecule has 12 nitrogen and oxygen atoms in total. The fourth-order valence-electron chi connectivity index (χ4n) is 0. The van der Waals surface area contributed by atoms with Gasteiger partial charge in [-0.2, -0.15) is 0 Å². The van der Waals surface area contributed by atoms with Crippen molar-refractivity contribution in [1.82, 2.24) is 0 Å². The van der Waals surface area contributed by atoms with Crippen molar-refractivity contribution in [2.24, 2.45) is 0 Å². The molecule has 0 heterocycles. The molecule has 0 saturated carbocycles. The minimum atomic E-state index is -5.61. The average molecular weight is 733 g/mol. The van der Waals surface area contributed by atoms with Crippen molar-refractivity contribution in [3.63, 3.8) is 0 Å². The van der Waals surface area contributed by atoms with Crippen molar-refractivity contribution < 1.29 is 110 Å². The molecule has 0 fully saturated rings. The van der Waals surface area contributed by atoms with Crippen LogP contribution in [0.1, 0.15) is 0 Å². The summed E-state index contributed by atoms with van der Waals surface area (Å²) in [7, 11) is -16.8. The van der Waals surface area contributed by atoms with Crippen LogP contribution in [0, 0.1) is 0 Å². The van der Waals surface area contributed by atoms with E-state index in [4.69, 9.17) is 57.5 Å². The third-order valence-corrected chi connectivity index (χ3v) is 0. The van der Waals surface area contributed by atoms with E-state index in [0.717, 1.165) is 0 Å². The Morgan fingerprint density at radius 2 is 0.316 bits per heavy atom. The Bertz CT molecular complexity index is 104. The van der Waals surface area contributed by atoms with Gasteiger partial charge in [-0.1, -0.05) is 0 Å². The van der Waals surface area contributed by atoms with Crippen LogP contribution in [0.15, 0.2) is 0 Å². The predicted octanol–water partition coefficient (Wildman–Crippen LogP) is -16.2. The summed E-state index contributed by atoms with van der Waals surface area (Å²) in [6.45, 7) is 0. The van der Waals surface area contributed by atoms with E-state index < -0.39 is 27.1 Å². The van der Waals surface area contributed by atoms with Gasteiger partial charge in [0.1, 0.15) is 0 Å². The van der Waals surface area contributed by atoms with Gasteiger partial charge in [-0.05, 0) is 0 Å². The van der Waals surface area contributed by atoms with Gasteiger partial charge in [-0.3, -0.25) is 0 Å². The maximum Gasteiger partial charge on any atom is 4.00 e. The molecule has 19 heavy (non-hydrogen) atoms. The van der Waals surface area contributed by atoms with Crippen LogP contribution in [0.25, 0.3) is 0 Å². The molecule has 0 aliphatic rings. The van der Waals surface area contributed by atoms with Crippen LogP contribution in [0.3, 0.4) is 0 Å². The molecule has 0 aromatic rings. The summed E-state index contributed by atoms with van der Waals surface area (Å²) in [5.74, 6) is 0. The summed E-state index contributed by atoms with van der Waals surface area (Å²) in [5, 5.41) is 0. The van der Waals surface area contributed by atoms with Gasteiger partial charge in [-0.25, -0.2) is 0 Å². The molecule has 0 aromatic carbocycles. The first-order valence-corrected chi connectivity index (χ1v) is 7.35. The molecular formula is Ba2O12Si3Zr2. The monoisotopic (exact) mass is 731 g/mol. The van der Waals surface area contributed by atoms with Crippen molar-refractivity contribution in [2.75, 3.05) is 0 Å². The van der Waals surface area contributed by atoms with E-state index >= 15 is 0 Å². The van der Waals surface area contributed by atoms with E-state index in [1.165, 1.54) is 0 Å². The maximum absolute atomic E-state index is 8.58. The van der Waals surface area contributed by atoms with Crippen molar-refractivity contribution in [3.8, 4) is 0 Å². The number of rotatable bonds is 0. The minimum absolute atomic E-state index is 0. The fourth-order valence-corrected chi connectivity index (χ4v) is 0. The minimum Gasteiger partial charge on any atom is -0.894 e. The molecule has 0 aromatic heterocycles. The molecule has 0 spiro atoms. The van der Waals surface area contributed by atoms with Gasteiger partial charge < -0.3 is 84.7 Å². The third kappa shape index (κ3) is 397. The smallest absolute Gasteiger partial charge is 0.894 e. The normalized spacial score (nSPS) is 9.47. The van der Waals surface area contributed by atoms with E-state index in [-0.39, 0.29) is 150 Å². The van der Waals surface area contributed by atoms with Gasteiger partial charge >= 0.3 is 150 Å². The predicted molar refractivity (Wildman–Crippen MR) is 28.8 cm³/mol. The van der Waals surface area contributed by atoms with Crippen molar-refractivity contribution >= 4 is 125 Å². The van der Waals surface area contributed by atoms with Crippen LogP contribution in [-0.2, 0) is 52.4 Å². The Morgan fingerprint density at radius 1 is 0.316 bits per heavy atom. The van der Waals surface area contributed by atoms with Crippen molar-refractivity contribution in [2.45, 2.75) is 0 Å². The van der Waals surface area contributed by atoms with Gasteiger partial charge in [0.2, 0.25) is 0 Å². The topological polar surface area (TPSA) is 277 Å². The first kappa shape index (κ1) is 44.0. The molecule has 96 valence electrons. The van der Waals surface area contributed by atoms with Gasteiger partial charge in [-0.15, -0.1) is 0 Å². The zero-order valence-electron chi connectivity index (χ0n) is 8.81. The van der Waals surface area contributed by atoms with E-state index in [1.54, 1.807) is 0 Å². The van der Waals surface area contributed by atoms with Crippen molar-refractivity contribution in [1.29, 1.82) is 0 Å². The second-order valence-corrected chi connectivity index (χ2v) is 4.50. The Labute approximate surface area is 229 Å². The van der Waals surface area contributed by atoms with Crippen LogP contribution in [0.5, 0.6) is 0 Å². The first-order chi connectivity index (χ1) is 6.00. The van der Waals surface area contributed by atoms with E-state index in [9.17, 15) is 0 Å². The standard InChI is InChI=1S/2Ba.3O4Si.2Zr/c;;3*1-5(2,3)4;;/q2*+2;3*-4;2*+4. The van der Waals surface area contributed by atoms with Gasteiger partial charge in [0.15, 0.2) is 0 Å². The first-order valence-electron chi connectivity index (χ1n) is 2.45. The fraction of sp³-hybridized carbons (Fsp3) is 0. The molecule has 19 heteroatoms. The van der Waals surface area contributed by atoms with E-state index in [0.29, 0.717) is 0 Å². The molecule has 0 bridgehead atoms. The summed E-state index contributed by atoms with van der Waals surface area (Å²) >= 11 is 0. The van der Waals surface area contributed by atoms with Crippen molar-refractivity contribution in [3.05, 3.63) is 0 Å². The molecule has 0 amide bonds. The van der Waals surface area contributed by atoms with Crippen LogP contribution in [0.2, 0.25) is 0 Å². The second-order valence-electron chi connectivity index (χ2n) is 1.50. The van der Waals surface area contributed by atoms with Crippen LogP contribution >= 0.6 is 0 Å². The Morgan fingerprint density at radius 3 is 0.316 bits per heavy atom.